The number of para-hydroxylation sites is 1. The molecule has 0 bridgehead atoms. The first-order valence-corrected chi connectivity index (χ1v) is 9.04. The largest absolute Gasteiger partial charge is 0.436 e. The summed E-state index contributed by atoms with van der Waals surface area (Å²) in [6, 6.07) is 9.52. The zero-order chi connectivity index (χ0) is 19.1. The molecule has 0 unspecified atom stereocenters. The summed E-state index contributed by atoms with van der Waals surface area (Å²) in [4.78, 5) is 30.0. The third-order valence-corrected chi connectivity index (χ3v) is 4.38. The summed E-state index contributed by atoms with van der Waals surface area (Å²) in [6.07, 6.45) is 4.84. The van der Waals surface area contributed by atoms with Crippen LogP contribution in [0.1, 0.15) is 31.2 Å². The first-order valence-electron chi connectivity index (χ1n) is 9.04. The Hall–Kier alpha value is -2.96. The third-order valence-electron chi connectivity index (χ3n) is 4.38. The zero-order valence-electron chi connectivity index (χ0n) is 15.0. The molecule has 0 atom stereocenters. The first-order chi connectivity index (χ1) is 13.1. The van der Waals surface area contributed by atoms with E-state index in [1.807, 2.05) is 0 Å². The Balaban J connectivity index is 1.60. The fraction of sp³-hybridized carbons (Fsp3) is 0.350. The van der Waals surface area contributed by atoms with Crippen molar-refractivity contribution in [2.75, 3.05) is 13.1 Å². The molecular weight excluding hydrogens is 349 g/mol. The lowest BCUT2D eigenvalue weighted by Crippen LogP contribution is -2.40. The summed E-state index contributed by atoms with van der Waals surface area (Å²) < 4.78 is 19.3. The molecule has 0 aliphatic carbocycles. The van der Waals surface area contributed by atoms with Crippen molar-refractivity contribution in [1.29, 1.82) is 0 Å². The van der Waals surface area contributed by atoms with Gasteiger partial charge in [-0.15, -0.1) is 0 Å². The topological polar surface area (TPSA) is 71.5 Å². The minimum atomic E-state index is -0.488. The average Bonchev–Trinajstić information content (AvgIpc) is 2.87. The number of amides is 2. The van der Waals surface area contributed by atoms with Gasteiger partial charge >= 0.3 is 0 Å². The van der Waals surface area contributed by atoms with Crippen LogP contribution >= 0.6 is 0 Å². The molecule has 0 spiro atoms. The molecular formula is C20H22FN3O3. The fourth-order valence-corrected chi connectivity index (χ4v) is 2.91. The number of pyridine rings is 1. The smallest absolute Gasteiger partial charge is 0.239 e. The SMILES string of the molecule is O=C(CN1CCCCCC1=O)NCc1cccnc1Oc1ccccc1F. The van der Waals surface area contributed by atoms with Gasteiger partial charge < -0.3 is 15.0 Å². The Morgan fingerprint density at radius 1 is 1.19 bits per heavy atom. The Morgan fingerprint density at radius 3 is 2.89 bits per heavy atom. The number of hydrogen-bond acceptors (Lipinski definition) is 4. The summed E-state index contributed by atoms with van der Waals surface area (Å²) in [7, 11) is 0. The van der Waals surface area contributed by atoms with Crippen LogP contribution in [0.5, 0.6) is 11.6 Å². The Labute approximate surface area is 157 Å². The lowest BCUT2D eigenvalue weighted by atomic mass is 10.2. The molecule has 1 N–H and O–H groups in total. The molecule has 1 aliphatic heterocycles. The van der Waals surface area contributed by atoms with Crippen LogP contribution in [-0.4, -0.2) is 34.8 Å². The van der Waals surface area contributed by atoms with Gasteiger partial charge in [0.1, 0.15) is 0 Å². The molecule has 0 saturated carbocycles. The van der Waals surface area contributed by atoms with Crippen LogP contribution < -0.4 is 10.1 Å². The second-order valence-electron chi connectivity index (χ2n) is 6.40. The highest BCUT2D eigenvalue weighted by molar-refractivity contribution is 5.84. The number of halogens is 1. The summed E-state index contributed by atoms with van der Waals surface area (Å²) in [5.74, 6) is -0.413. The number of carbonyl (C=O) groups is 2. The van der Waals surface area contributed by atoms with E-state index in [0.29, 0.717) is 18.5 Å². The van der Waals surface area contributed by atoms with E-state index >= 15 is 0 Å². The predicted octanol–water partition coefficient (Wildman–Crippen LogP) is 3.03. The van der Waals surface area contributed by atoms with Crippen LogP contribution in [0, 0.1) is 5.82 Å². The lowest BCUT2D eigenvalue weighted by molar-refractivity contribution is -0.135. The Morgan fingerprint density at radius 2 is 2.04 bits per heavy atom. The van der Waals surface area contributed by atoms with E-state index in [-0.39, 0.29) is 36.5 Å². The number of hydrogen-bond donors (Lipinski definition) is 1. The average molecular weight is 371 g/mol. The molecule has 27 heavy (non-hydrogen) atoms. The zero-order valence-corrected chi connectivity index (χ0v) is 15.0. The van der Waals surface area contributed by atoms with Crippen LogP contribution in [0.15, 0.2) is 42.6 Å². The number of ether oxygens (including phenoxy) is 1. The second-order valence-corrected chi connectivity index (χ2v) is 6.40. The number of benzene rings is 1. The molecule has 2 heterocycles. The maximum atomic E-state index is 13.8. The van der Waals surface area contributed by atoms with E-state index in [2.05, 4.69) is 10.3 Å². The van der Waals surface area contributed by atoms with Crippen molar-refractivity contribution in [3.8, 4) is 11.6 Å². The third kappa shape index (κ3) is 5.26. The van der Waals surface area contributed by atoms with Crippen molar-refractivity contribution in [3.63, 3.8) is 0 Å². The van der Waals surface area contributed by atoms with Gasteiger partial charge in [0.25, 0.3) is 0 Å². The van der Waals surface area contributed by atoms with Crippen molar-refractivity contribution in [2.45, 2.75) is 32.2 Å². The van der Waals surface area contributed by atoms with E-state index in [4.69, 9.17) is 4.74 Å². The number of nitrogens with zero attached hydrogens (tertiary/aromatic N) is 2. The quantitative estimate of drug-likeness (QED) is 0.847. The summed E-state index contributed by atoms with van der Waals surface area (Å²) in [5, 5.41) is 2.78. The normalized spacial score (nSPS) is 14.6. The molecule has 2 aromatic rings. The minimum absolute atomic E-state index is 0.0209. The monoisotopic (exact) mass is 371 g/mol. The molecule has 1 aliphatic rings. The van der Waals surface area contributed by atoms with E-state index < -0.39 is 5.82 Å². The van der Waals surface area contributed by atoms with Crippen molar-refractivity contribution in [1.82, 2.24) is 15.2 Å². The maximum absolute atomic E-state index is 13.8. The van der Waals surface area contributed by atoms with E-state index in [9.17, 15) is 14.0 Å². The van der Waals surface area contributed by atoms with Gasteiger partial charge in [0.2, 0.25) is 17.7 Å². The molecule has 1 saturated heterocycles. The maximum Gasteiger partial charge on any atom is 0.239 e. The molecule has 7 heteroatoms. The van der Waals surface area contributed by atoms with Crippen molar-refractivity contribution in [2.24, 2.45) is 0 Å². The van der Waals surface area contributed by atoms with Gasteiger partial charge in [0, 0.05) is 31.3 Å². The lowest BCUT2D eigenvalue weighted by Gasteiger charge is -2.20. The first kappa shape index (κ1) is 18.8. The highest BCUT2D eigenvalue weighted by atomic mass is 19.1. The molecule has 1 aromatic carbocycles. The summed E-state index contributed by atoms with van der Waals surface area (Å²) in [5.41, 5.74) is 0.622. The van der Waals surface area contributed by atoms with Gasteiger partial charge in [0.15, 0.2) is 11.6 Å². The standard InChI is InChI=1S/C20H22FN3O3/c21-16-8-3-4-9-17(16)27-20-15(7-6-11-22-20)13-23-18(25)14-24-12-5-1-2-10-19(24)26/h3-4,6-9,11H,1-2,5,10,12-14H2,(H,23,25). The Bertz CT molecular complexity index is 813. The minimum Gasteiger partial charge on any atom is -0.436 e. The van der Waals surface area contributed by atoms with Gasteiger partial charge in [-0.05, 0) is 31.0 Å². The van der Waals surface area contributed by atoms with Gasteiger partial charge in [0.05, 0.1) is 6.54 Å². The number of likely N-dealkylation sites (tertiary alicyclic amines) is 1. The molecule has 142 valence electrons. The van der Waals surface area contributed by atoms with E-state index in [0.717, 1.165) is 19.3 Å². The van der Waals surface area contributed by atoms with Crippen LogP contribution in [0.4, 0.5) is 4.39 Å². The second kappa shape index (κ2) is 9.12. The van der Waals surface area contributed by atoms with Crippen LogP contribution in [0.3, 0.4) is 0 Å². The number of carbonyl (C=O) groups excluding carboxylic acids is 2. The van der Waals surface area contributed by atoms with Crippen molar-refractivity contribution < 1.29 is 18.7 Å². The van der Waals surface area contributed by atoms with Crippen LogP contribution in [-0.2, 0) is 16.1 Å². The van der Waals surface area contributed by atoms with Gasteiger partial charge in [-0.1, -0.05) is 24.6 Å². The number of rotatable bonds is 6. The number of aromatic nitrogens is 1. The summed E-state index contributed by atoms with van der Waals surface area (Å²) in [6.45, 7) is 0.835. The number of nitrogens with one attached hydrogen (secondary N) is 1. The molecule has 1 fully saturated rings. The van der Waals surface area contributed by atoms with Crippen LogP contribution in [0.2, 0.25) is 0 Å². The predicted molar refractivity (Wildman–Crippen MR) is 97.6 cm³/mol. The highest BCUT2D eigenvalue weighted by Gasteiger charge is 2.19. The molecule has 0 radical (unpaired) electrons. The molecule has 3 rings (SSSR count). The van der Waals surface area contributed by atoms with Gasteiger partial charge in [-0.3, -0.25) is 9.59 Å². The van der Waals surface area contributed by atoms with Crippen LogP contribution in [0.25, 0.3) is 0 Å². The van der Waals surface area contributed by atoms with Gasteiger partial charge in [-0.25, -0.2) is 9.37 Å². The van der Waals surface area contributed by atoms with E-state index in [1.54, 1.807) is 29.2 Å². The highest BCUT2D eigenvalue weighted by Crippen LogP contribution is 2.25. The summed E-state index contributed by atoms with van der Waals surface area (Å²) >= 11 is 0. The van der Waals surface area contributed by atoms with Crippen molar-refractivity contribution in [3.05, 3.63) is 54.0 Å². The molecule has 1 aromatic heterocycles. The fourth-order valence-electron chi connectivity index (χ4n) is 2.91. The van der Waals surface area contributed by atoms with Gasteiger partial charge in [-0.2, -0.15) is 0 Å². The molecule has 6 nitrogen and oxygen atoms in total. The Kier molecular flexibility index (Phi) is 6.35. The van der Waals surface area contributed by atoms with E-state index in [1.165, 1.54) is 18.3 Å². The molecule has 2 amide bonds. The van der Waals surface area contributed by atoms with Crippen molar-refractivity contribution >= 4 is 11.8 Å².